The van der Waals surface area contributed by atoms with Gasteiger partial charge in [-0.25, -0.2) is 0 Å². The van der Waals surface area contributed by atoms with Crippen LogP contribution in [0.5, 0.6) is 17.2 Å². The third-order valence-corrected chi connectivity index (χ3v) is 4.36. The highest BCUT2D eigenvalue weighted by atomic mass is 16.5. The van der Waals surface area contributed by atoms with Crippen molar-refractivity contribution in [3.8, 4) is 17.2 Å². The molecular weight excluding hydrogens is 390 g/mol. The Morgan fingerprint density at radius 1 is 0.839 bits per heavy atom. The van der Waals surface area contributed by atoms with Crippen LogP contribution in [0.25, 0.3) is 6.08 Å². The molecule has 0 aromatic heterocycles. The highest BCUT2D eigenvalue weighted by molar-refractivity contribution is 6.01. The Labute approximate surface area is 183 Å². The van der Waals surface area contributed by atoms with Crippen molar-refractivity contribution in [3.63, 3.8) is 0 Å². The second-order valence-corrected chi connectivity index (χ2v) is 6.69. The average Bonchev–Trinajstić information content (AvgIpc) is 2.80. The van der Waals surface area contributed by atoms with Crippen LogP contribution in [0.4, 0.5) is 5.69 Å². The minimum Gasteiger partial charge on any atom is -0.490 e. The SMILES string of the molecule is CCOc1ccc(C=CC(=O)Nc2ccc(OCc3ccccc3)cc2)cc1OCC. The van der Waals surface area contributed by atoms with Gasteiger partial charge in [-0.05, 0) is 67.4 Å². The van der Waals surface area contributed by atoms with E-state index in [4.69, 9.17) is 14.2 Å². The molecule has 1 amide bonds. The van der Waals surface area contributed by atoms with Crippen LogP contribution < -0.4 is 19.5 Å². The molecule has 3 rings (SSSR count). The van der Waals surface area contributed by atoms with Crippen LogP contribution in [0.3, 0.4) is 0 Å². The van der Waals surface area contributed by atoms with E-state index in [2.05, 4.69) is 5.32 Å². The molecule has 5 nitrogen and oxygen atoms in total. The van der Waals surface area contributed by atoms with E-state index in [1.54, 1.807) is 6.08 Å². The fraction of sp³-hybridized carbons (Fsp3) is 0.192. The van der Waals surface area contributed by atoms with Crippen LogP contribution in [0, 0.1) is 0 Å². The number of rotatable bonds is 10. The van der Waals surface area contributed by atoms with Gasteiger partial charge in [-0.2, -0.15) is 0 Å². The number of amides is 1. The number of anilines is 1. The van der Waals surface area contributed by atoms with Gasteiger partial charge < -0.3 is 19.5 Å². The van der Waals surface area contributed by atoms with E-state index in [9.17, 15) is 4.79 Å². The summed E-state index contributed by atoms with van der Waals surface area (Å²) in [5.74, 6) is 1.89. The number of carbonyl (C=O) groups excluding carboxylic acids is 1. The van der Waals surface area contributed by atoms with E-state index in [0.717, 1.165) is 16.9 Å². The van der Waals surface area contributed by atoms with Crippen molar-refractivity contribution in [2.75, 3.05) is 18.5 Å². The third kappa shape index (κ3) is 6.93. The Morgan fingerprint density at radius 2 is 1.55 bits per heavy atom. The van der Waals surface area contributed by atoms with Crippen molar-refractivity contribution in [2.45, 2.75) is 20.5 Å². The summed E-state index contributed by atoms with van der Waals surface area (Å²) in [6, 6.07) is 22.9. The highest BCUT2D eigenvalue weighted by Gasteiger charge is 2.05. The fourth-order valence-electron chi connectivity index (χ4n) is 2.90. The maximum Gasteiger partial charge on any atom is 0.248 e. The molecule has 0 radical (unpaired) electrons. The maximum atomic E-state index is 12.3. The molecule has 160 valence electrons. The van der Waals surface area contributed by atoms with Crippen LogP contribution in [-0.4, -0.2) is 19.1 Å². The molecule has 3 aromatic rings. The molecule has 0 aliphatic rings. The quantitative estimate of drug-likeness (QED) is 0.429. The van der Waals surface area contributed by atoms with Crippen molar-refractivity contribution < 1.29 is 19.0 Å². The molecule has 0 saturated carbocycles. The van der Waals surface area contributed by atoms with Gasteiger partial charge in [-0.3, -0.25) is 4.79 Å². The third-order valence-electron chi connectivity index (χ3n) is 4.36. The molecule has 0 atom stereocenters. The molecule has 5 heteroatoms. The van der Waals surface area contributed by atoms with E-state index in [1.165, 1.54) is 6.08 Å². The predicted octanol–water partition coefficient (Wildman–Crippen LogP) is 5.71. The number of carbonyl (C=O) groups is 1. The first kappa shape index (κ1) is 22.0. The number of benzene rings is 3. The second kappa shape index (κ2) is 11.5. The molecule has 0 fully saturated rings. The highest BCUT2D eigenvalue weighted by Crippen LogP contribution is 2.29. The monoisotopic (exact) mass is 417 g/mol. The molecular formula is C26H27NO4. The van der Waals surface area contributed by atoms with Crippen LogP contribution in [0.2, 0.25) is 0 Å². The van der Waals surface area contributed by atoms with Crippen LogP contribution in [-0.2, 0) is 11.4 Å². The van der Waals surface area contributed by atoms with Crippen molar-refractivity contribution in [1.82, 2.24) is 0 Å². The van der Waals surface area contributed by atoms with Gasteiger partial charge in [0.2, 0.25) is 5.91 Å². The lowest BCUT2D eigenvalue weighted by molar-refractivity contribution is -0.111. The van der Waals surface area contributed by atoms with Gasteiger partial charge in [0, 0.05) is 11.8 Å². The zero-order chi connectivity index (χ0) is 21.9. The summed E-state index contributed by atoms with van der Waals surface area (Å²) in [6.07, 6.45) is 3.23. The molecule has 31 heavy (non-hydrogen) atoms. The van der Waals surface area contributed by atoms with Gasteiger partial charge in [0.25, 0.3) is 0 Å². The van der Waals surface area contributed by atoms with Gasteiger partial charge >= 0.3 is 0 Å². The molecule has 0 spiro atoms. The van der Waals surface area contributed by atoms with Crippen LogP contribution in [0.15, 0.2) is 78.9 Å². The molecule has 3 aromatic carbocycles. The van der Waals surface area contributed by atoms with Gasteiger partial charge in [-0.1, -0.05) is 36.4 Å². The van der Waals surface area contributed by atoms with Gasteiger partial charge in [-0.15, -0.1) is 0 Å². The van der Waals surface area contributed by atoms with Gasteiger partial charge in [0.1, 0.15) is 12.4 Å². The standard InChI is InChI=1S/C26H27NO4/c1-3-29-24-16-10-20(18-25(24)30-4-2)11-17-26(28)27-22-12-14-23(15-13-22)31-19-21-8-6-5-7-9-21/h5-18H,3-4,19H2,1-2H3,(H,27,28). The number of nitrogens with one attached hydrogen (secondary N) is 1. The number of hydrogen-bond donors (Lipinski definition) is 1. The van der Waals surface area contributed by atoms with E-state index >= 15 is 0 Å². The summed E-state index contributed by atoms with van der Waals surface area (Å²) in [6.45, 7) is 5.45. The fourth-order valence-corrected chi connectivity index (χ4v) is 2.90. The molecule has 0 bridgehead atoms. The molecule has 1 N–H and O–H groups in total. The topological polar surface area (TPSA) is 56.8 Å². The number of ether oxygens (including phenoxy) is 3. The van der Waals surface area contributed by atoms with E-state index in [0.29, 0.717) is 37.0 Å². The van der Waals surface area contributed by atoms with E-state index in [-0.39, 0.29) is 5.91 Å². The lowest BCUT2D eigenvalue weighted by atomic mass is 10.2. The van der Waals surface area contributed by atoms with Crippen molar-refractivity contribution in [1.29, 1.82) is 0 Å². The second-order valence-electron chi connectivity index (χ2n) is 6.69. The Morgan fingerprint density at radius 3 is 2.26 bits per heavy atom. The largest absolute Gasteiger partial charge is 0.490 e. The predicted molar refractivity (Wildman–Crippen MR) is 124 cm³/mol. The Bertz CT molecular complexity index is 998. The summed E-state index contributed by atoms with van der Waals surface area (Å²) in [5, 5.41) is 2.85. The summed E-state index contributed by atoms with van der Waals surface area (Å²) in [5.41, 5.74) is 2.65. The number of hydrogen-bond acceptors (Lipinski definition) is 4. The Hall–Kier alpha value is -3.73. The Kier molecular flexibility index (Phi) is 8.12. The van der Waals surface area contributed by atoms with Crippen molar-refractivity contribution in [2.24, 2.45) is 0 Å². The maximum absolute atomic E-state index is 12.3. The van der Waals surface area contributed by atoms with Gasteiger partial charge in [0.05, 0.1) is 13.2 Å². The average molecular weight is 418 g/mol. The normalized spacial score (nSPS) is 10.6. The Balaban J connectivity index is 1.55. The first-order valence-corrected chi connectivity index (χ1v) is 10.3. The summed E-state index contributed by atoms with van der Waals surface area (Å²) >= 11 is 0. The summed E-state index contributed by atoms with van der Waals surface area (Å²) in [7, 11) is 0. The van der Waals surface area contributed by atoms with Crippen molar-refractivity contribution >= 4 is 17.7 Å². The molecule has 0 aliphatic carbocycles. The molecule has 0 aliphatic heterocycles. The summed E-state index contributed by atoms with van der Waals surface area (Å²) in [4.78, 5) is 12.3. The van der Waals surface area contributed by atoms with Crippen LogP contribution in [0.1, 0.15) is 25.0 Å². The van der Waals surface area contributed by atoms with E-state index in [1.807, 2.05) is 86.6 Å². The first-order valence-electron chi connectivity index (χ1n) is 10.3. The summed E-state index contributed by atoms with van der Waals surface area (Å²) < 4.78 is 16.9. The molecule has 0 heterocycles. The van der Waals surface area contributed by atoms with E-state index < -0.39 is 0 Å². The first-order chi connectivity index (χ1) is 15.2. The lowest BCUT2D eigenvalue weighted by Gasteiger charge is -2.11. The molecule has 0 unspecified atom stereocenters. The minimum absolute atomic E-state index is 0.218. The van der Waals surface area contributed by atoms with Crippen molar-refractivity contribution in [3.05, 3.63) is 90.0 Å². The van der Waals surface area contributed by atoms with Crippen LogP contribution >= 0.6 is 0 Å². The molecule has 0 saturated heterocycles. The zero-order valence-electron chi connectivity index (χ0n) is 17.8. The van der Waals surface area contributed by atoms with Gasteiger partial charge in [0.15, 0.2) is 11.5 Å². The zero-order valence-corrected chi connectivity index (χ0v) is 17.8. The minimum atomic E-state index is -0.218. The smallest absolute Gasteiger partial charge is 0.248 e. The lowest BCUT2D eigenvalue weighted by Crippen LogP contribution is -2.07.